The minimum absolute atomic E-state index is 0.113. The Kier molecular flexibility index (Phi) is 4.68. The van der Waals surface area contributed by atoms with Crippen LogP contribution in [0.3, 0.4) is 0 Å². The van der Waals surface area contributed by atoms with E-state index in [1.165, 1.54) is 7.05 Å². The molecule has 2 aromatic rings. The second-order valence-electron chi connectivity index (χ2n) is 3.87. The van der Waals surface area contributed by atoms with E-state index in [4.69, 9.17) is 0 Å². The number of para-hydroxylation sites is 1. The number of rotatable bonds is 5. The number of nitrogens with one attached hydrogen (secondary N) is 2. The number of nitro groups is 1. The smallest absolute Gasteiger partial charge is 0.304 e. The van der Waals surface area contributed by atoms with E-state index in [9.17, 15) is 18.5 Å². The maximum atomic E-state index is 12.3. The van der Waals surface area contributed by atoms with E-state index in [1.807, 2.05) is 22.6 Å². The molecule has 0 bridgehead atoms. The third-order valence-corrected chi connectivity index (χ3v) is 6.42. The van der Waals surface area contributed by atoms with Crippen molar-refractivity contribution < 1.29 is 13.3 Å². The molecule has 0 amide bonds. The fourth-order valence-electron chi connectivity index (χ4n) is 1.55. The quantitative estimate of drug-likeness (QED) is 0.424. The molecule has 2 N–H and O–H groups in total. The van der Waals surface area contributed by atoms with E-state index in [1.54, 1.807) is 24.3 Å². The lowest BCUT2D eigenvalue weighted by molar-refractivity contribution is -0.383. The Balaban J connectivity index is 2.41. The summed E-state index contributed by atoms with van der Waals surface area (Å²) in [5.74, 6) is 0. The topological polar surface area (TPSA) is 101 Å². The summed E-state index contributed by atoms with van der Waals surface area (Å²) in [6.07, 6.45) is 0. The lowest BCUT2D eigenvalue weighted by Crippen LogP contribution is -2.12. The van der Waals surface area contributed by atoms with E-state index in [-0.39, 0.29) is 14.9 Å². The Morgan fingerprint density at radius 2 is 2.00 bits per heavy atom. The Morgan fingerprint density at radius 3 is 2.52 bits per heavy atom. The molecule has 112 valence electrons. The SMILES string of the molecule is CNc1sc(S(=O)(=O)Nc2ccccc2I)cc1[N+](=O)[O-]. The van der Waals surface area contributed by atoms with E-state index >= 15 is 0 Å². The highest BCUT2D eigenvalue weighted by atomic mass is 127. The first-order valence-corrected chi connectivity index (χ1v) is 8.96. The Labute approximate surface area is 138 Å². The van der Waals surface area contributed by atoms with E-state index in [0.717, 1.165) is 21.0 Å². The largest absolute Gasteiger partial charge is 0.374 e. The summed E-state index contributed by atoms with van der Waals surface area (Å²) in [5, 5.41) is 13.7. The van der Waals surface area contributed by atoms with Crippen LogP contribution in [0.15, 0.2) is 34.5 Å². The molecule has 0 saturated heterocycles. The van der Waals surface area contributed by atoms with Crippen molar-refractivity contribution in [2.24, 2.45) is 0 Å². The van der Waals surface area contributed by atoms with Crippen LogP contribution in [-0.2, 0) is 10.0 Å². The van der Waals surface area contributed by atoms with Crippen LogP contribution < -0.4 is 10.0 Å². The minimum Gasteiger partial charge on any atom is -0.374 e. The van der Waals surface area contributed by atoms with E-state index in [2.05, 4.69) is 10.0 Å². The maximum Gasteiger partial charge on any atom is 0.304 e. The van der Waals surface area contributed by atoms with Gasteiger partial charge in [0.25, 0.3) is 10.0 Å². The van der Waals surface area contributed by atoms with Crippen molar-refractivity contribution in [2.75, 3.05) is 17.1 Å². The number of benzene rings is 1. The zero-order valence-corrected chi connectivity index (χ0v) is 14.5. The first kappa shape index (κ1) is 16.0. The van der Waals surface area contributed by atoms with Crippen molar-refractivity contribution in [3.63, 3.8) is 0 Å². The van der Waals surface area contributed by atoms with Gasteiger partial charge < -0.3 is 5.32 Å². The van der Waals surface area contributed by atoms with Gasteiger partial charge in [0.2, 0.25) is 0 Å². The molecule has 0 spiro atoms. The van der Waals surface area contributed by atoms with Crippen LogP contribution in [0.1, 0.15) is 0 Å². The standard InChI is InChI=1S/C11H10IN3O4S2/c1-13-11-9(15(16)17)6-10(20-11)21(18,19)14-8-5-3-2-4-7(8)12/h2-6,13-14H,1H3. The van der Waals surface area contributed by atoms with E-state index < -0.39 is 14.9 Å². The van der Waals surface area contributed by atoms with Crippen molar-refractivity contribution >= 4 is 60.3 Å². The van der Waals surface area contributed by atoms with Crippen molar-refractivity contribution in [2.45, 2.75) is 4.21 Å². The third kappa shape index (κ3) is 3.44. The predicted octanol–water partition coefficient (Wildman–Crippen LogP) is 3.10. The molecule has 10 heteroatoms. The van der Waals surface area contributed by atoms with Crippen LogP contribution in [0.5, 0.6) is 0 Å². The third-order valence-electron chi connectivity index (χ3n) is 2.50. The molecule has 0 aliphatic heterocycles. The number of nitrogens with zero attached hydrogens (tertiary/aromatic N) is 1. The number of thiophene rings is 1. The number of hydrogen-bond acceptors (Lipinski definition) is 6. The number of anilines is 2. The molecule has 0 unspecified atom stereocenters. The fourth-order valence-corrected chi connectivity index (χ4v) is 4.61. The molecule has 1 heterocycles. The van der Waals surface area contributed by atoms with Gasteiger partial charge in [0.15, 0.2) is 5.00 Å². The fraction of sp³-hybridized carbons (Fsp3) is 0.0909. The van der Waals surface area contributed by atoms with Gasteiger partial charge in [0.1, 0.15) is 4.21 Å². The van der Waals surface area contributed by atoms with Crippen molar-refractivity contribution in [1.82, 2.24) is 0 Å². The average Bonchev–Trinajstić information content (AvgIpc) is 2.86. The zero-order chi connectivity index (χ0) is 15.6. The lowest BCUT2D eigenvalue weighted by Gasteiger charge is -2.07. The Hall–Kier alpha value is -1.40. The maximum absolute atomic E-state index is 12.3. The van der Waals surface area contributed by atoms with Crippen LogP contribution in [-0.4, -0.2) is 20.4 Å². The van der Waals surface area contributed by atoms with Crippen molar-refractivity contribution in [3.05, 3.63) is 44.0 Å². The molecule has 0 fully saturated rings. The van der Waals surface area contributed by atoms with Gasteiger partial charge in [-0.15, -0.1) is 0 Å². The van der Waals surface area contributed by atoms with Crippen LogP contribution in [0.2, 0.25) is 0 Å². The molecule has 0 atom stereocenters. The average molecular weight is 439 g/mol. The van der Waals surface area contributed by atoms with Gasteiger partial charge in [-0.25, -0.2) is 8.42 Å². The molecular weight excluding hydrogens is 429 g/mol. The summed E-state index contributed by atoms with van der Waals surface area (Å²) in [5.41, 5.74) is 0.172. The lowest BCUT2D eigenvalue weighted by atomic mass is 10.3. The zero-order valence-electron chi connectivity index (χ0n) is 10.7. The summed E-state index contributed by atoms with van der Waals surface area (Å²) in [7, 11) is -2.36. The van der Waals surface area contributed by atoms with Crippen LogP contribution in [0.25, 0.3) is 0 Å². The second-order valence-corrected chi connectivity index (χ2v) is 8.00. The molecule has 2 rings (SSSR count). The molecule has 0 radical (unpaired) electrons. The number of halogens is 1. The van der Waals surface area contributed by atoms with Gasteiger partial charge in [-0.05, 0) is 34.7 Å². The first-order chi connectivity index (χ1) is 9.85. The second kappa shape index (κ2) is 6.15. The van der Waals surface area contributed by atoms with Gasteiger partial charge in [-0.1, -0.05) is 23.5 Å². The van der Waals surface area contributed by atoms with Crippen LogP contribution in [0.4, 0.5) is 16.4 Å². The molecule has 0 aliphatic rings. The highest BCUT2D eigenvalue weighted by Crippen LogP contribution is 2.37. The first-order valence-electron chi connectivity index (χ1n) is 5.58. The molecule has 1 aromatic carbocycles. The molecule has 0 aliphatic carbocycles. The van der Waals surface area contributed by atoms with Gasteiger partial charge >= 0.3 is 5.69 Å². The van der Waals surface area contributed by atoms with Gasteiger partial charge in [-0.2, -0.15) is 0 Å². The normalized spacial score (nSPS) is 11.1. The summed E-state index contributed by atoms with van der Waals surface area (Å²) in [6, 6.07) is 7.92. The van der Waals surface area contributed by atoms with Crippen LogP contribution in [0, 0.1) is 13.7 Å². The highest BCUT2D eigenvalue weighted by molar-refractivity contribution is 14.1. The number of sulfonamides is 1. The van der Waals surface area contributed by atoms with Crippen molar-refractivity contribution in [3.8, 4) is 0 Å². The summed E-state index contributed by atoms with van der Waals surface area (Å²) in [6.45, 7) is 0. The molecule has 0 saturated carbocycles. The van der Waals surface area contributed by atoms with Gasteiger partial charge in [0, 0.05) is 16.7 Å². The minimum atomic E-state index is -3.86. The van der Waals surface area contributed by atoms with Crippen LogP contribution >= 0.6 is 33.9 Å². The Morgan fingerprint density at radius 1 is 1.33 bits per heavy atom. The Bertz CT molecular complexity index is 789. The van der Waals surface area contributed by atoms with Gasteiger partial charge in [0.05, 0.1) is 10.6 Å². The molecule has 7 nitrogen and oxygen atoms in total. The van der Waals surface area contributed by atoms with E-state index in [0.29, 0.717) is 5.69 Å². The number of hydrogen-bond donors (Lipinski definition) is 2. The summed E-state index contributed by atoms with van der Waals surface area (Å²) < 4.78 is 27.7. The molecule has 1 aromatic heterocycles. The molecule has 21 heavy (non-hydrogen) atoms. The van der Waals surface area contributed by atoms with Gasteiger partial charge in [-0.3, -0.25) is 14.8 Å². The predicted molar refractivity (Wildman–Crippen MR) is 90.5 cm³/mol. The monoisotopic (exact) mass is 439 g/mol. The highest BCUT2D eigenvalue weighted by Gasteiger charge is 2.26. The molecular formula is C11H10IN3O4S2. The summed E-state index contributed by atoms with van der Waals surface area (Å²) >= 11 is 2.82. The van der Waals surface area contributed by atoms with Crippen molar-refractivity contribution in [1.29, 1.82) is 0 Å². The summed E-state index contributed by atoms with van der Waals surface area (Å²) in [4.78, 5) is 10.3.